The van der Waals surface area contributed by atoms with Crippen LogP contribution in [-0.4, -0.2) is 23.1 Å². The van der Waals surface area contributed by atoms with Crippen LogP contribution in [0.2, 0.25) is 0 Å². The molecule has 0 bridgehead atoms. The SMILES string of the molecule is CC(C)(CCOC(=O)Cl)C(=O)O. The maximum Gasteiger partial charge on any atom is 0.403 e. The second-order valence-electron chi connectivity index (χ2n) is 3.03. The van der Waals surface area contributed by atoms with Crippen LogP contribution >= 0.6 is 11.6 Å². The molecule has 0 amide bonds. The Kier molecular flexibility index (Phi) is 4.03. The molecule has 0 aliphatic rings. The van der Waals surface area contributed by atoms with E-state index in [1.807, 2.05) is 0 Å². The summed E-state index contributed by atoms with van der Waals surface area (Å²) >= 11 is 4.88. The number of aliphatic carboxylic acids is 1. The van der Waals surface area contributed by atoms with E-state index in [1.54, 1.807) is 13.8 Å². The van der Waals surface area contributed by atoms with Crippen molar-refractivity contribution in [3.05, 3.63) is 0 Å². The predicted octanol–water partition coefficient (Wildman–Crippen LogP) is 1.86. The molecule has 0 aliphatic heterocycles. The lowest BCUT2D eigenvalue weighted by Crippen LogP contribution is -2.25. The van der Waals surface area contributed by atoms with E-state index in [1.165, 1.54) is 0 Å². The molecule has 0 spiro atoms. The van der Waals surface area contributed by atoms with Gasteiger partial charge in [0.05, 0.1) is 12.0 Å². The zero-order valence-corrected chi connectivity index (χ0v) is 7.72. The number of ether oxygens (including phenoxy) is 1. The lowest BCUT2D eigenvalue weighted by Gasteiger charge is -2.17. The Bertz CT molecular complexity index is 188. The lowest BCUT2D eigenvalue weighted by atomic mass is 9.90. The Balaban J connectivity index is 3.76. The van der Waals surface area contributed by atoms with Gasteiger partial charge in [0.15, 0.2) is 0 Å². The average Bonchev–Trinajstić information content (AvgIpc) is 1.85. The van der Waals surface area contributed by atoms with Crippen molar-refractivity contribution in [2.45, 2.75) is 20.3 Å². The fraction of sp³-hybridized carbons (Fsp3) is 0.714. The molecule has 1 N–H and O–H groups in total. The first-order valence-electron chi connectivity index (χ1n) is 3.42. The van der Waals surface area contributed by atoms with Crippen molar-refractivity contribution in [1.82, 2.24) is 0 Å². The van der Waals surface area contributed by atoms with Crippen molar-refractivity contribution in [2.75, 3.05) is 6.61 Å². The molecule has 0 aliphatic carbocycles. The van der Waals surface area contributed by atoms with Gasteiger partial charge in [0, 0.05) is 11.6 Å². The van der Waals surface area contributed by atoms with Gasteiger partial charge in [-0.25, -0.2) is 4.79 Å². The predicted molar refractivity (Wildman–Crippen MR) is 43.2 cm³/mol. The molecule has 0 heterocycles. The van der Waals surface area contributed by atoms with Crippen LogP contribution in [0.5, 0.6) is 0 Å². The Labute approximate surface area is 75.5 Å². The van der Waals surface area contributed by atoms with Crippen LogP contribution < -0.4 is 0 Å². The van der Waals surface area contributed by atoms with E-state index in [4.69, 9.17) is 16.7 Å². The average molecular weight is 195 g/mol. The highest BCUT2D eigenvalue weighted by Crippen LogP contribution is 2.20. The van der Waals surface area contributed by atoms with Gasteiger partial charge in [-0.05, 0) is 20.3 Å². The summed E-state index contributed by atoms with van der Waals surface area (Å²) < 4.78 is 4.39. The van der Waals surface area contributed by atoms with E-state index < -0.39 is 16.8 Å². The van der Waals surface area contributed by atoms with Gasteiger partial charge in [-0.2, -0.15) is 0 Å². The highest BCUT2D eigenvalue weighted by molar-refractivity contribution is 6.61. The number of hydrogen-bond acceptors (Lipinski definition) is 3. The molecule has 0 atom stereocenters. The Hall–Kier alpha value is -0.770. The van der Waals surface area contributed by atoms with Crippen molar-refractivity contribution in [1.29, 1.82) is 0 Å². The topological polar surface area (TPSA) is 63.6 Å². The Morgan fingerprint density at radius 2 is 2.00 bits per heavy atom. The van der Waals surface area contributed by atoms with Crippen molar-refractivity contribution in [3.8, 4) is 0 Å². The van der Waals surface area contributed by atoms with Gasteiger partial charge >= 0.3 is 11.4 Å². The molecule has 0 saturated carbocycles. The molecule has 0 rings (SSSR count). The molecule has 0 fully saturated rings. The molecule has 0 saturated heterocycles. The van der Waals surface area contributed by atoms with E-state index >= 15 is 0 Å². The number of hydrogen-bond donors (Lipinski definition) is 1. The molecule has 4 nitrogen and oxygen atoms in total. The van der Waals surface area contributed by atoms with E-state index in [2.05, 4.69) is 4.74 Å². The van der Waals surface area contributed by atoms with Crippen molar-refractivity contribution < 1.29 is 19.4 Å². The van der Waals surface area contributed by atoms with Crippen molar-refractivity contribution in [2.24, 2.45) is 5.41 Å². The van der Waals surface area contributed by atoms with Gasteiger partial charge in [-0.1, -0.05) is 0 Å². The maximum atomic E-state index is 10.5. The van der Waals surface area contributed by atoms with E-state index in [-0.39, 0.29) is 13.0 Å². The third-order valence-corrected chi connectivity index (χ3v) is 1.63. The molecule has 0 radical (unpaired) electrons. The maximum absolute atomic E-state index is 10.5. The van der Waals surface area contributed by atoms with Crippen LogP contribution in [-0.2, 0) is 9.53 Å². The lowest BCUT2D eigenvalue weighted by molar-refractivity contribution is -0.147. The van der Waals surface area contributed by atoms with E-state index in [9.17, 15) is 9.59 Å². The van der Waals surface area contributed by atoms with E-state index in [0.29, 0.717) is 0 Å². The first kappa shape index (κ1) is 11.2. The number of carboxylic acid groups (broad SMARTS) is 1. The number of carbonyl (C=O) groups is 2. The first-order chi connectivity index (χ1) is 5.36. The zero-order chi connectivity index (χ0) is 9.78. The van der Waals surface area contributed by atoms with Crippen LogP contribution in [0.3, 0.4) is 0 Å². The monoisotopic (exact) mass is 194 g/mol. The molecule has 0 aromatic rings. The summed E-state index contributed by atoms with van der Waals surface area (Å²) in [6.07, 6.45) is 0.251. The van der Waals surface area contributed by atoms with Gasteiger partial charge < -0.3 is 9.84 Å². The smallest absolute Gasteiger partial charge is 0.403 e. The summed E-state index contributed by atoms with van der Waals surface area (Å²) in [5.41, 5.74) is -1.79. The van der Waals surface area contributed by atoms with Gasteiger partial charge in [-0.3, -0.25) is 4.79 Å². The first-order valence-corrected chi connectivity index (χ1v) is 3.80. The third-order valence-electron chi connectivity index (χ3n) is 1.52. The fourth-order valence-corrected chi connectivity index (χ4v) is 0.571. The minimum atomic E-state index is -0.923. The van der Waals surface area contributed by atoms with Crippen LogP contribution in [0, 0.1) is 5.41 Å². The number of carboxylic acids is 1. The normalized spacial score (nSPS) is 10.9. The third kappa shape index (κ3) is 4.18. The molecular formula is C7H11ClO4. The second kappa shape index (κ2) is 4.30. The van der Waals surface area contributed by atoms with Crippen LogP contribution in [0.1, 0.15) is 20.3 Å². The minimum absolute atomic E-state index is 0.0294. The van der Waals surface area contributed by atoms with Gasteiger partial charge in [0.25, 0.3) is 0 Å². The summed E-state index contributed by atoms with van der Waals surface area (Å²) in [5, 5.41) is 8.63. The molecule has 12 heavy (non-hydrogen) atoms. The largest absolute Gasteiger partial charge is 0.481 e. The molecule has 0 aromatic heterocycles. The summed E-state index contributed by atoms with van der Waals surface area (Å²) in [5.74, 6) is -0.923. The number of rotatable bonds is 4. The van der Waals surface area contributed by atoms with Gasteiger partial charge in [-0.15, -0.1) is 0 Å². The highest BCUT2D eigenvalue weighted by Gasteiger charge is 2.26. The van der Waals surface area contributed by atoms with Crippen LogP contribution in [0.25, 0.3) is 0 Å². The van der Waals surface area contributed by atoms with Crippen molar-refractivity contribution in [3.63, 3.8) is 0 Å². The summed E-state index contributed by atoms with van der Waals surface area (Å²) in [6.45, 7) is 3.14. The fourth-order valence-electron chi connectivity index (χ4n) is 0.493. The van der Waals surface area contributed by atoms with Gasteiger partial charge in [0.1, 0.15) is 0 Å². The molecule has 5 heteroatoms. The van der Waals surface area contributed by atoms with Gasteiger partial charge in [0.2, 0.25) is 0 Å². The summed E-state index contributed by atoms with van der Waals surface area (Å²) in [6, 6.07) is 0. The standard InChI is InChI=1S/C7H11ClO4/c1-7(2,5(9)10)3-4-12-6(8)11/h3-4H2,1-2H3,(H,9,10). The zero-order valence-electron chi connectivity index (χ0n) is 6.96. The quantitative estimate of drug-likeness (QED) is 0.694. The second-order valence-corrected chi connectivity index (χ2v) is 3.33. The van der Waals surface area contributed by atoms with Crippen LogP contribution in [0.4, 0.5) is 4.79 Å². The van der Waals surface area contributed by atoms with Crippen LogP contribution in [0.15, 0.2) is 0 Å². The summed E-state index contributed by atoms with van der Waals surface area (Å²) in [4.78, 5) is 20.6. The Morgan fingerprint density at radius 3 is 2.33 bits per heavy atom. The van der Waals surface area contributed by atoms with E-state index in [0.717, 1.165) is 0 Å². The Morgan fingerprint density at radius 1 is 1.50 bits per heavy atom. The summed E-state index contributed by atoms with van der Waals surface area (Å²) in [7, 11) is 0. The molecular weight excluding hydrogens is 184 g/mol. The molecule has 0 aromatic carbocycles. The van der Waals surface area contributed by atoms with Crippen molar-refractivity contribution >= 4 is 23.0 Å². The molecule has 70 valence electrons. The number of halogens is 1. The number of carbonyl (C=O) groups excluding carboxylic acids is 1. The highest BCUT2D eigenvalue weighted by atomic mass is 35.5. The molecule has 0 unspecified atom stereocenters. The minimum Gasteiger partial charge on any atom is -0.481 e.